The van der Waals surface area contributed by atoms with Gasteiger partial charge in [-0.05, 0) is 93.8 Å². The Morgan fingerprint density at radius 1 is 1.09 bits per heavy atom. The lowest BCUT2D eigenvalue weighted by Crippen LogP contribution is -2.45. The summed E-state index contributed by atoms with van der Waals surface area (Å²) in [5.41, 5.74) is 5.49. The van der Waals surface area contributed by atoms with Crippen LogP contribution in [0.1, 0.15) is 36.6 Å². The molecule has 0 radical (unpaired) electrons. The number of carbonyl (C=O) groups excluding carboxylic acids is 2. The Morgan fingerprint density at radius 3 is 2.52 bits per heavy atom. The maximum absolute atomic E-state index is 12.7. The van der Waals surface area contributed by atoms with E-state index in [1.54, 1.807) is 68.4 Å². The summed E-state index contributed by atoms with van der Waals surface area (Å²) in [4.78, 5) is 25.3. The summed E-state index contributed by atoms with van der Waals surface area (Å²) < 4.78 is 18.4. The van der Waals surface area contributed by atoms with Gasteiger partial charge in [-0.2, -0.15) is 5.10 Å². The number of allylic oxidation sites excluding steroid dienone is 1. The van der Waals surface area contributed by atoms with E-state index in [0.717, 1.165) is 5.56 Å². The minimum atomic E-state index is -0.632. The first-order valence-electron chi connectivity index (χ1n) is 13.1. The van der Waals surface area contributed by atoms with E-state index in [1.807, 2.05) is 0 Å². The minimum Gasteiger partial charge on any atom is -0.486 e. The largest absolute Gasteiger partial charge is 0.486 e. The zero-order chi connectivity index (χ0) is 31.8. The van der Waals surface area contributed by atoms with Gasteiger partial charge >= 0.3 is 5.97 Å². The standard InChI is InChI=1S/C30H26Br2Cl2N4O5S/c1-3-41-29(40)26-16(2)36-30(44)37-27(26)20-6-4-5-7-24(20)42-15-25(39)38-35-13-17-10-21(31)28(22(32)11-17)43-14-18-8-9-19(33)12-23(18)34/h4-13,27H,3,14-15H2,1-2H3,(H,38,39)(H2,36,37,44)/t27-/m0/s1. The van der Waals surface area contributed by atoms with Crippen LogP contribution >= 0.6 is 67.3 Å². The molecule has 0 bridgehead atoms. The number of esters is 1. The third-order valence-electron chi connectivity index (χ3n) is 6.16. The number of hydrazone groups is 1. The minimum absolute atomic E-state index is 0.219. The van der Waals surface area contributed by atoms with Gasteiger partial charge in [0.25, 0.3) is 5.91 Å². The molecule has 0 fully saturated rings. The van der Waals surface area contributed by atoms with Gasteiger partial charge in [0.1, 0.15) is 18.1 Å². The van der Waals surface area contributed by atoms with E-state index in [9.17, 15) is 9.59 Å². The molecule has 1 amide bonds. The van der Waals surface area contributed by atoms with Gasteiger partial charge in [0.2, 0.25) is 0 Å². The van der Waals surface area contributed by atoms with Crippen LogP contribution in [0.4, 0.5) is 0 Å². The van der Waals surface area contributed by atoms with Gasteiger partial charge in [-0.3, -0.25) is 4.79 Å². The number of hydrogen-bond donors (Lipinski definition) is 3. The molecule has 14 heteroatoms. The van der Waals surface area contributed by atoms with Crippen LogP contribution in [-0.4, -0.2) is 36.4 Å². The van der Waals surface area contributed by atoms with E-state index < -0.39 is 17.9 Å². The van der Waals surface area contributed by atoms with Gasteiger partial charge < -0.3 is 24.8 Å². The molecule has 3 N–H and O–H groups in total. The number of ether oxygens (including phenoxy) is 3. The van der Waals surface area contributed by atoms with Crippen molar-refractivity contribution in [3.63, 3.8) is 0 Å². The highest BCUT2D eigenvalue weighted by molar-refractivity contribution is 9.11. The van der Waals surface area contributed by atoms with Crippen molar-refractivity contribution in [2.24, 2.45) is 5.10 Å². The molecule has 230 valence electrons. The fraction of sp³-hybridized carbons (Fsp3) is 0.200. The SMILES string of the molecule is CCOC(=O)C1=C(C)NC(=S)N[C@H]1c1ccccc1OCC(=O)NN=Cc1cc(Br)c(OCc2ccc(Cl)cc2Cl)c(Br)c1. The Hall–Kier alpha value is -3.16. The van der Waals surface area contributed by atoms with Gasteiger partial charge in [-0.15, -0.1) is 0 Å². The van der Waals surface area contributed by atoms with Crippen LogP contribution in [0.25, 0.3) is 0 Å². The molecule has 1 aliphatic rings. The summed E-state index contributed by atoms with van der Waals surface area (Å²) in [7, 11) is 0. The average Bonchev–Trinajstić information content (AvgIpc) is 2.96. The van der Waals surface area contributed by atoms with Crippen molar-refractivity contribution in [1.29, 1.82) is 0 Å². The maximum atomic E-state index is 12.7. The predicted octanol–water partition coefficient (Wildman–Crippen LogP) is 6.98. The van der Waals surface area contributed by atoms with Crippen molar-refractivity contribution >= 4 is 90.5 Å². The van der Waals surface area contributed by atoms with E-state index in [0.29, 0.717) is 58.0 Å². The number of nitrogens with zero attached hydrogens (tertiary/aromatic N) is 1. The topological polar surface area (TPSA) is 110 Å². The number of benzene rings is 3. The molecule has 0 aromatic heterocycles. The lowest BCUT2D eigenvalue weighted by atomic mass is 9.95. The van der Waals surface area contributed by atoms with Crippen LogP contribution in [0.3, 0.4) is 0 Å². The third kappa shape index (κ3) is 8.72. The Morgan fingerprint density at radius 2 is 1.82 bits per heavy atom. The summed E-state index contributed by atoms with van der Waals surface area (Å²) in [5, 5.41) is 11.5. The second-order valence-corrected chi connectivity index (χ2v) is 12.2. The van der Waals surface area contributed by atoms with Crippen LogP contribution < -0.4 is 25.5 Å². The Labute approximate surface area is 286 Å². The molecule has 3 aromatic carbocycles. The van der Waals surface area contributed by atoms with E-state index in [4.69, 9.17) is 49.6 Å². The highest BCUT2D eigenvalue weighted by atomic mass is 79.9. The molecular weight excluding hydrogens is 759 g/mol. The van der Waals surface area contributed by atoms with Gasteiger partial charge in [0, 0.05) is 26.9 Å². The summed E-state index contributed by atoms with van der Waals surface area (Å²) in [5.74, 6) is -0.000461. The highest BCUT2D eigenvalue weighted by Crippen LogP contribution is 2.36. The van der Waals surface area contributed by atoms with Gasteiger partial charge in [0.15, 0.2) is 11.7 Å². The molecule has 0 spiro atoms. The number of thiocarbonyl (C=S) groups is 1. The fourth-order valence-corrected chi connectivity index (χ4v) is 6.38. The van der Waals surface area contributed by atoms with Crippen molar-refractivity contribution in [1.82, 2.24) is 16.1 Å². The summed E-state index contributed by atoms with van der Waals surface area (Å²) in [6.45, 7) is 3.61. The molecule has 0 saturated carbocycles. The fourth-order valence-electron chi connectivity index (χ4n) is 4.19. The lowest BCUT2D eigenvalue weighted by Gasteiger charge is -2.30. The molecular formula is C30H26Br2Cl2N4O5S. The van der Waals surface area contributed by atoms with Crippen molar-refractivity contribution in [3.8, 4) is 11.5 Å². The smallest absolute Gasteiger partial charge is 0.338 e. The van der Waals surface area contributed by atoms with Crippen molar-refractivity contribution in [2.45, 2.75) is 26.5 Å². The predicted molar refractivity (Wildman–Crippen MR) is 181 cm³/mol. The number of para-hydroxylation sites is 1. The summed E-state index contributed by atoms with van der Waals surface area (Å²) >= 11 is 24.6. The Kier molecular flexibility index (Phi) is 12.0. The zero-order valence-corrected chi connectivity index (χ0v) is 28.9. The second-order valence-electron chi connectivity index (χ2n) is 9.25. The lowest BCUT2D eigenvalue weighted by molar-refractivity contribution is -0.139. The van der Waals surface area contributed by atoms with E-state index in [-0.39, 0.29) is 19.8 Å². The monoisotopic (exact) mass is 782 g/mol. The maximum Gasteiger partial charge on any atom is 0.338 e. The molecule has 1 heterocycles. The Balaban J connectivity index is 1.38. The third-order valence-corrected chi connectivity index (χ3v) is 8.15. The number of halogens is 4. The molecule has 1 aliphatic heterocycles. The van der Waals surface area contributed by atoms with Crippen LogP contribution in [0.5, 0.6) is 11.5 Å². The molecule has 4 rings (SSSR count). The van der Waals surface area contributed by atoms with Crippen LogP contribution in [0, 0.1) is 0 Å². The van der Waals surface area contributed by atoms with E-state index in [2.05, 4.69) is 53.0 Å². The first kappa shape index (κ1) is 33.7. The van der Waals surface area contributed by atoms with Crippen LogP contribution in [0.15, 0.2) is 79.9 Å². The molecule has 3 aromatic rings. The van der Waals surface area contributed by atoms with Crippen molar-refractivity contribution in [3.05, 3.63) is 102 Å². The van der Waals surface area contributed by atoms with E-state index >= 15 is 0 Å². The molecule has 9 nitrogen and oxygen atoms in total. The van der Waals surface area contributed by atoms with E-state index in [1.165, 1.54) is 6.21 Å². The van der Waals surface area contributed by atoms with Gasteiger partial charge in [-0.25, -0.2) is 10.2 Å². The van der Waals surface area contributed by atoms with Crippen molar-refractivity contribution < 1.29 is 23.8 Å². The highest BCUT2D eigenvalue weighted by Gasteiger charge is 2.32. The normalized spacial score (nSPS) is 14.6. The number of amides is 1. The van der Waals surface area contributed by atoms with Gasteiger partial charge in [-0.1, -0.05) is 47.5 Å². The molecule has 0 unspecified atom stereocenters. The quantitative estimate of drug-likeness (QED) is 0.0828. The average molecular weight is 785 g/mol. The number of carbonyl (C=O) groups is 2. The second kappa shape index (κ2) is 15.7. The molecule has 1 atom stereocenters. The molecule has 0 aliphatic carbocycles. The summed E-state index contributed by atoms with van der Waals surface area (Å²) in [6, 6.07) is 15.2. The van der Waals surface area contributed by atoms with Gasteiger partial charge in [0.05, 0.1) is 33.4 Å². The first-order valence-corrected chi connectivity index (χ1v) is 15.9. The number of hydrogen-bond acceptors (Lipinski definition) is 7. The van der Waals surface area contributed by atoms with Crippen LogP contribution in [-0.2, 0) is 20.9 Å². The number of rotatable bonds is 11. The molecule has 44 heavy (non-hydrogen) atoms. The first-order chi connectivity index (χ1) is 21.1. The zero-order valence-electron chi connectivity index (χ0n) is 23.4. The molecule has 0 saturated heterocycles. The summed E-state index contributed by atoms with van der Waals surface area (Å²) in [6.07, 6.45) is 1.49. The van der Waals surface area contributed by atoms with Crippen molar-refractivity contribution in [2.75, 3.05) is 13.2 Å². The number of nitrogens with one attached hydrogen (secondary N) is 3. The van der Waals surface area contributed by atoms with Crippen LogP contribution in [0.2, 0.25) is 10.0 Å². The Bertz CT molecular complexity index is 1630.